The Morgan fingerprint density at radius 1 is 1.21 bits per heavy atom. The van der Waals surface area contributed by atoms with Crippen molar-refractivity contribution < 1.29 is 17.6 Å². The van der Waals surface area contributed by atoms with Crippen LogP contribution in [0.5, 0.6) is 0 Å². The quantitative estimate of drug-likeness (QED) is 0.666. The monoisotopic (exact) mass is 401 g/mol. The van der Waals surface area contributed by atoms with E-state index in [1.165, 1.54) is 4.68 Å². The highest BCUT2D eigenvalue weighted by Crippen LogP contribution is 2.35. The van der Waals surface area contributed by atoms with Gasteiger partial charge >= 0.3 is 6.18 Å². The van der Waals surface area contributed by atoms with Crippen molar-refractivity contribution in [2.45, 2.75) is 26.1 Å². The van der Waals surface area contributed by atoms with Crippen LogP contribution in [0, 0.1) is 6.92 Å². The third kappa shape index (κ3) is 3.32. The van der Waals surface area contributed by atoms with Crippen LogP contribution in [0.1, 0.15) is 17.3 Å². The van der Waals surface area contributed by atoms with Gasteiger partial charge in [-0.15, -0.1) is 10.2 Å². The van der Waals surface area contributed by atoms with Crippen LogP contribution in [0.4, 0.5) is 13.2 Å². The number of aromatic nitrogens is 5. The molecule has 0 bridgehead atoms. The molecule has 0 radical (unpaired) electrons. The SMILES string of the molecule is Cc1c(Br)c(C(F)(F)F)nn1CCc1nnc(-c2ccncc2)o1. The van der Waals surface area contributed by atoms with Gasteiger partial charge in [0.25, 0.3) is 0 Å². The Morgan fingerprint density at radius 3 is 2.54 bits per heavy atom. The molecule has 24 heavy (non-hydrogen) atoms. The van der Waals surface area contributed by atoms with Crippen LogP contribution in [0.25, 0.3) is 11.5 Å². The van der Waals surface area contributed by atoms with E-state index in [2.05, 4.69) is 36.2 Å². The summed E-state index contributed by atoms with van der Waals surface area (Å²) in [6, 6.07) is 3.45. The third-order valence-electron chi connectivity index (χ3n) is 3.33. The number of alkyl halides is 3. The summed E-state index contributed by atoms with van der Waals surface area (Å²) < 4.78 is 45.3. The van der Waals surface area contributed by atoms with Gasteiger partial charge in [0.1, 0.15) is 0 Å². The first-order valence-corrected chi connectivity index (χ1v) is 7.68. The molecule has 0 aliphatic carbocycles. The third-order valence-corrected chi connectivity index (χ3v) is 4.28. The Balaban J connectivity index is 1.74. The smallest absolute Gasteiger partial charge is 0.421 e. The summed E-state index contributed by atoms with van der Waals surface area (Å²) in [6.45, 7) is 1.75. The van der Waals surface area contributed by atoms with E-state index in [4.69, 9.17) is 4.42 Å². The maximum Gasteiger partial charge on any atom is 0.436 e. The maximum absolute atomic E-state index is 12.8. The summed E-state index contributed by atoms with van der Waals surface area (Å²) >= 11 is 2.94. The Labute approximate surface area is 142 Å². The highest BCUT2D eigenvalue weighted by Gasteiger charge is 2.37. The van der Waals surface area contributed by atoms with Crippen molar-refractivity contribution in [3.05, 3.63) is 46.3 Å². The lowest BCUT2D eigenvalue weighted by Crippen LogP contribution is -2.10. The number of halogens is 4. The van der Waals surface area contributed by atoms with Crippen molar-refractivity contribution in [2.24, 2.45) is 0 Å². The second kappa shape index (κ2) is 6.34. The number of hydrogen-bond acceptors (Lipinski definition) is 5. The van der Waals surface area contributed by atoms with Gasteiger partial charge in [-0.3, -0.25) is 9.67 Å². The average molecular weight is 402 g/mol. The van der Waals surface area contributed by atoms with Crippen LogP contribution in [0.2, 0.25) is 0 Å². The lowest BCUT2D eigenvalue weighted by atomic mass is 10.3. The number of rotatable bonds is 4. The molecule has 3 aromatic rings. The second-order valence-electron chi connectivity index (χ2n) is 4.96. The Hall–Kier alpha value is -2.23. The molecular formula is C14H11BrF3N5O. The summed E-state index contributed by atoms with van der Waals surface area (Å²) in [5.41, 5.74) is 0.167. The van der Waals surface area contributed by atoms with E-state index in [1.807, 2.05) is 0 Å². The van der Waals surface area contributed by atoms with Crippen molar-refractivity contribution in [1.82, 2.24) is 25.0 Å². The lowest BCUT2D eigenvalue weighted by molar-refractivity contribution is -0.142. The first-order valence-electron chi connectivity index (χ1n) is 6.89. The zero-order chi connectivity index (χ0) is 17.3. The largest absolute Gasteiger partial charge is 0.436 e. The molecule has 0 N–H and O–H groups in total. The standard InChI is InChI=1S/C14H11BrF3N5O/c1-8-11(15)12(14(16,17)18)22-23(8)7-4-10-20-21-13(24-10)9-2-5-19-6-3-9/h2-3,5-6H,4,7H2,1H3. The molecule has 0 unspecified atom stereocenters. The Morgan fingerprint density at radius 2 is 1.92 bits per heavy atom. The minimum absolute atomic E-state index is 0.0574. The van der Waals surface area contributed by atoms with Crippen LogP contribution in [0.3, 0.4) is 0 Å². The van der Waals surface area contributed by atoms with Crippen LogP contribution in [-0.4, -0.2) is 25.0 Å². The minimum Gasteiger partial charge on any atom is -0.421 e. The highest BCUT2D eigenvalue weighted by atomic mass is 79.9. The zero-order valence-corrected chi connectivity index (χ0v) is 14.0. The summed E-state index contributed by atoms with van der Waals surface area (Å²) in [7, 11) is 0. The molecule has 126 valence electrons. The van der Waals surface area contributed by atoms with Gasteiger partial charge < -0.3 is 4.42 Å². The molecule has 3 heterocycles. The van der Waals surface area contributed by atoms with Crippen LogP contribution < -0.4 is 0 Å². The van der Waals surface area contributed by atoms with E-state index in [0.29, 0.717) is 17.5 Å². The molecule has 0 saturated carbocycles. The van der Waals surface area contributed by atoms with Gasteiger partial charge in [-0.25, -0.2) is 0 Å². The predicted octanol–water partition coefficient (Wildman–Crippen LogP) is 3.66. The number of pyridine rings is 1. The predicted molar refractivity (Wildman–Crippen MR) is 80.9 cm³/mol. The summed E-state index contributed by atoms with van der Waals surface area (Å²) in [4.78, 5) is 3.90. The van der Waals surface area contributed by atoms with Gasteiger partial charge in [-0.2, -0.15) is 18.3 Å². The number of nitrogens with zero attached hydrogens (tertiary/aromatic N) is 5. The molecule has 0 fully saturated rings. The van der Waals surface area contributed by atoms with Crippen LogP contribution in [0.15, 0.2) is 33.4 Å². The van der Waals surface area contributed by atoms with Crippen LogP contribution in [-0.2, 0) is 19.1 Å². The molecule has 10 heteroatoms. The van der Waals surface area contributed by atoms with Gasteiger partial charge in [-0.1, -0.05) is 0 Å². The van der Waals surface area contributed by atoms with Gasteiger partial charge in [0, 0.05) is 30.9 Å². The summed E-state index contributed by atoms with van der Waals surface area (Å²) in [5.74, 6) is 0.656. The van der Waals surface area contributed by atoms with Crippen LogP contribution >= 0.6 is 15.9 Å². The maximum atomic E-state index is 12.8. The average Bonchev–Trinajstić information content (AvgIpc) is 3.12. The molecule has 0 atom stereocenters. The van der Waals surface area contributed by atoms with Gasteiger partial charge in [0.05, 0.1) is 10.2 Å². The van der Waals surface area contributed by atoms with E-state index in [1.54, 1.807) is 31.5 Å². The Kier molecular flexibility index (Phi) is 4.39. The van der Waals surface area contributed by atoms with Crippen molar-refractivity contribution in [3.8, 4) is 11.5 Å². The molecule has 0 amide bonds. The van der Waals surface area contributed by atoms with E-state index in [9.17, 15) is 13.2 Å². The topological polar surface area (TPSA) is 69.6 Å². The summed E-state index contributed by atoms with van der Waals surface area (Å²) in [6.07, 6.45) is -1.04. The molecule has 0 aliphatic rings. The zero-order valence-electron chi connectivity index (χ0n) is 12.4. The molecule has 3 aromatic heterocycles. The fourth-order valence-electron chi connectivity index (χ4n) is 2.09. The normalized spacial score (nSPS) is 11.9. The number of aryl methyl sites for hydroxylation is 2. The van der Waals surface area contributed by atoms with E-state index >= 15 is 0 Å². The van der Waals surface area contributed by atoms with E-state index in [0.717, 1.165) is 5.56 Å². The molecule has 0 spiro atoms. The van der Waals surface area contributed by atoms with Crippen molar-refractivity contribution >= 4 is 15.9 Å². The molecule has 0 aliphatic heterocycles. The fraction of sp³-hybridized carbons (Fsp3) is 0.286. The van der Waals surface area contributed by atoms with Gasteiger partial charge in [0.2, 0.25) is 11.8 Å². The lowest BCUT2D eigenvalue weighted by Gasteiger charge is -2.02. The molecule has 3 rings (SSSR count). The summed E-state index contributed by atoms with van der Waals surface area (Å²) in [5, 5.41) is 11.4. The second-order valence-corrected chi connectivity index (χ2v) is 5.75. The van der Waals surface area contributed by atoms with Gasteiger partial charge in [-0.05, 0) is 35.0 Å². The highest BCUT2D eigenvalue weighted by molar-refractivity contribution is 9.10. The molecule has 6 nitrogen and oxygen atoms in total. The first kappa shape index (κ1) is 16.6. The number of hydrogen-bond donors (Lipinski definition) is 0. The van der Waals surface area contributed by atoms with Crippen molar-refractivity contribution in [2.75, 3.05) is 0 Å². The van der Waals surface area contributed by atoms with Gasteiger partial charge in [0.15, 0.2) is 5.69 Å². The first-order chi connectivity index (χ1) is 11.4. The van der Waals surface area contributed by atoms with E-state index in [-0.39, 0.29) is 17.4 Å². The molecule has 0 saturated heterocycles. The molecule has 0 aromatic carbocycles. The molecular weight excluding hydrogens is 391 g/mol. The fourth-order valence-corrected chi connectivity index (χ4v) is 2.60. The van der Waals surface area contributed by atoms with Crippen molar-refractivity contribution in [1.29, 1.82) is 0 Å². The van der Waals surface area contributed by atoms with Crippen molar-refractivity contribution in [3.63, 3.8) is 0 Å². The minimum atomic E-state index is -4.51. The van der Waals surface area contributed by atoms with E-state index < -0.39 is 11.9 Å². The Bertz CT molecular complexity index is 844.